The van der Waals surface area contributed by atoms with Crippen LogP contribution < -0.4 is 15.0 Å². The van der Waals surface area contributed by atoms with E-state index in [1.807, 2.05) is 12.1 Å². The molecule has 1 saturated carbocycles. The molecule has 1 aliphatic heterocycles. The molecule has 2 heterocycles. The van der Waals surface area contributed by atoms with Crippen LogP contribution in [0.2, 0.25) is 0 Å². The number of methoxy groups -OCH3 is 1. The quantitative estimate of drug-likeness (QED) is 0.688. The van der Waals surface area contributed by atoms with Crippen LogP contribution >= 0.6 is 0 Å². The summed E-state index contributed by atoms with van der Waals surface area (Å²) in [5, 5.41) is 3.16. The smallest absolute Gasteiger partial charge is 0.270 e. The molecular weight excluding hydrogens is 405 g/mol. The van der Waals surface area contributed by atoms with Crippen molar-refractivity contribution in [3.8, 4) is 5.75 Å². The van der Waals surface area contributed by atoms with Gasteiger partial charge in [0.1, 0.15) is 17.3 Å². The summed E-state index contributed by atoms with van der Waals surface area (Å²) in [6.45, 7) is 8.94. The Balaban J connectivity index is 1.42. The highest BCUT2D eigenvalue weighted by atomic mass is 19.1. The molecule has 1 aromatic carbocycles. The van der Waals surface area contributed by atoms with E-state index in [0.717, 1.165) is 55.9 Å². The van der Waals surface area contributed by atoms with E-state index < -0.39 is 0 Å². The zero-order valence-corrected chi connectivity index (χ0v) is 19.6. The molecule has 1 N–H and O–H groups in total. The number of ether oxygens (including phenoxy) is 1. The van der Waals surface area contributed by atoms with Crippen LogP contribution in [0.15, 0.2) is 36.5 Å². The zero-order chi connectivity index (χ0) is 22.9. The average Bonchev–Trinajstić information content (AvgIpc) is 3.52. The third-order valence-electron chi connectivity index (χ3n) is 7.06. The number of hydrogen-bond donors (Lipinski definition) is 1. The van der Waals surface area contributed by atoms with Crippen LogP contribution in [-0.2, 0) is 6.42 Å². The molecule has 1 aromatic heterocycles. The summed E-state index contributed by atoms with van der Waals surface area (Å²) in [7, 11) is 1.58. The molecule has 2 fully saturated rings. The van der Waals surface area contributed by atoms with Crippen LogP contribution in [0.4, 0.5) is 10.1 Å². The molecule has 1 aliphatic carbocycles. The summed E-state index contributed by atoms with van der Waals surface area (Å²) in [4.78, 5) is 19.7. The molecule has 4 rings (SSSR count). The van der Waals surface area contributed by atoms with Crippen molar-refractivity contribution in [2.45, 2.75) is 58.4 Å². The number of benzene rings is 1. The summed E-state index contributed by atoms with van der Waals surface area (Å²) < 4.78 is 19.1. The lowest BCUT2D eigenvalue weighted by Gasteiger charge is -2.39. The predicted molar refractivity (Wildman–Crippen MR) is 125 cm³/mol. The summed E-state index contributed by atoms with van der Waals surface area (Å²) >= 11 is 0. The molecule has 172 valence electrons. The fourth-order valence-corrected chi connectivity index (χ4v) is 4.80. The van der Waals surface area contributed by atoms with Gasteiger partial charge in [0, 0.05) is 30.5 Å². The Hall–Kier alpha value is -2.63. The molecule has 32 heavy (non-hydrogen) atoms. The second kappa shape index (κ2) is 8.72. The maximum atomic E-state index is 13.8. The number of nitrogens with one attached hydrogen (secondary N) is 1. The van der Waals surface area contributed by atoms with Crippen molar-refractivity contribution in [1.82, 2.24) is 10.3 Å². The molecular formula is C26H34FN3O2. The molecule has 0 unspecified atom stereocenters. The summed E-state index contributed by atoms with van der Waals surface area (Å²) in [6.07, 6.45) is 6.30. The molecule has 1 saturated heterocycles. The van der Waals surface area contributed by atoms with E-state index in [4.69, 9.17) is 4.74 Å². The van der Waals surface area contributed by atoms with Gasteiger partial charge in [-0.25, -0.2) is 4.39 Å². The molecule has 5 nitrogen and oxygen atoms in total. The molecule has 2 aliphatic rings. The molecule has 2 aromatic rings. The first-order valence-electron chi connectivity index (χ1n) is 11.6. The van der Waals surface area contributed by atoms with Gasteiger partial charge in [0.05, 0.1) is 7.11 Å². The van der Waals surface area contributed by atoms with Crippen molar-refractivity contribution in [1.29, 1.82) is 0 Å². The lowest BCUT2D eigenvalue weighted by Crippen LogP contribution is -2.40. The number of hydrogen-bond acceptors (Lipinski definition) is 4. The molecule has 0 bridgehead atoms. The number of carbonyl (C=O) groups excluding carboxylic acids is 1. The van der Waals surface area contributed by atoms with Gasteiger partial charge in [-0.05, 0) is 79.3 Å². The van der Waals surface area contributed by atoms with Gasteiger partial charge in [-0.3, -0.25) is 9.78 Å². The van der Waals surface area contributed by atoms with Gasteiger partial charge in [-0.2, -0.15) is 0 Å². The van der Waals surface area contributed by atoms with Crippen LogP contribution in [0.25, 0.3) is 0 Å². The van der Waals surface area contributed by atoms with Gasteiger partial charge in [-0.15, -0.1) is 0 Å². The standard InChI is InChI=1S/C26H34FN3O2/c1-25(2,3)19-8-13-30(14-9-19)21-7-12-28-22(16-21)24(31)29-26(10-11-26)17-18-15-20(27)5-6-23(18)32-4/h5-7,12,15-16,19H,8-11,13-14,17H2,1-4H3,(H,29,31). The zero-order valence-electron chi connectivity index (χ0n) is 19.6. The second-order valence-corrected chi connectivity index (χ2v) is 10.4. The molecule has 1 amide bonds. The lowest BCUT2D eigenvalue weighted by molar-refractivity contribution is 0.0926. The molecule has 0 spiro atoms. The number of halogens is 1. The Morgan fingerprint density at radius 2 is 1.94 bits per heavy atom. The second-order valence-electron chi connectivity index (χ2n) is 10.4. The fraction of sp³-hybridized carbons (Fsp3) is 0.538. The van der Waals surface area contributed by atoms with Crippen molar-refractivity contribution in [2.75, 3.05) is 25.1 Å². The monoisotopic (exact) mass is 439 g/mol. The number of aromatic nitrogens is 1. The van der Waals surface area contributed by atoms with E-state index in [1.54, 1.807) is 19.4 Å². The van der Waals surface area contributed by atoms with Crippen LogP contribution in [0.5, 0.6) is 5.75 Å². The minimum absolute atomic E-state index is 0.177. The highest BCUT2D eigenvalue weighted by Gasteiger charge is 2.45. The van der Waals surface area contributed by atoms with E-state index >= 15 is 0 Å². The Labute approximate surface area is 190 Å². The van der Waals surface area contributed by atoms with Crippen molar-refractivity contribution in [2.24, 2.45) is 11.3 Å². The first-order chi connectivity index (χ1) is 15.2. The average molecular weight is 440 g/mol. The van der Waals surface area contributed by atoms with Crippen molar-refractivity contribution < 1.29 is 13.9 Å². The number of pyridine rings is 1. The number of carbonyl (C=O) groups is 1. The number of anilines is 1. The van der Waals surface area contributed by atoms with Gasteiger partial charge in [0.2, 0.25) is 0 Å². The number of amides is 1. The van der Waals surface area contributed by atoms with Crippen LogP contribution in [-0.4, -0.2) is 36.6 Å². The van der Waals surface area contributed by atoms with Gasteiger partial charge in [0.15, 0.2) is 0 Å². The summed E-state index contributed by atoms with van der Waals surface area (Å²) in [6, 6.07) is 8.39. The third-order valence-corrected chi connectivity index (χ3v) is 7.06. The molecule has 0 atom stereocenters. The number of nitrogens with zero attached hydrogens (tertiary/aromatic N) is 2. The van der Waals surface area contributed by atoms with E-state index in [0.29, 0.717) is 23.3 Å². The van der Waals surface area contributed by atoms with E-state index in [-0.39, 0.29) is 17.3 Å². The summed E-state index contributed by atoms with van der Waals surface area (Å²) in [5.74, 6) is 0.889. The molecule has 6 heteroatoms. The highest BCUT2D eigenvalue weighted by Crippen LogP contribution is 2.41. The first kappa shape index (κ1) is 22.6. The lowest BCUT2D eigenvalue weighted by atomic mass is 9.75. The topological polar surface area (TPSA) is 54.5 Å². The van der Waals surface area contributed by atoms with E-state index in [2.05, 4.69) is 36.0 Å². The fourth-order valence-electron chi connectivity index (χ4n) is 4.80. The Kier molecular flexibility index (Phi) is 6.15. The van der Waals surface area contributed by atoms with Gasteiger partial charge in [0.25, 0.3) is 5.91 Å². The Morgan fingerprint density at radius 3 is 2.56 bits per heavy atom. The van der Waals surface area contributed by atoms with Gasteiger partial charge in [-0.1, -0.05) is 20.8 Å². The van der Waals surface area contributed by atoms with Crippen LogP contribution in [0, 0.1) is 17.2 Å². The Bertz CT molecular complexity index is 973. The van der Waals surface area contributed by atoms with Crippen molar-refractivity contribution in [3.63, 3.8) is 0 Å². The number of piperidine rings is 1. The minimum Gasteiger partial charge on any atom is -0.496 e. The number of rotatable bonds is 6. The first-order valence-corrected chi connectivity index (χ1v) is 11.6. The van der Waals surface area contributed by atoms with Crippen molar-refractivity contribution >= 4 is 11.6 Å². The minimum atomic E-state index is -0.360. The van der Waals surface area contributed by atoms with Crippen molar-refractivity contribution in [3.05, 3.63) is 53.6 Å². The van der Waals surface area contributed by atoms with E-state index in [9.17, 15) is 9.18 Å². The SMILES string of the molecule is COc1ccc(F)cc1CC1(NC(=O)c2cc(N3CCC(C(C)(C)C)CC3)ccn2)CC1. The normalized spacial score (nSPS) is 18.3. The van der Waals surface area contributed by atoms with Crippen LogP contribution in [0.1, 0.15) is 62.5 Å². The largest absolute Gasteiger partial charge is 0.496 e. The maximum absolute atomic E-state index is 13.8. The highest BCUT2D eigenvalue weighted by molar-refractivity contribution is 5.94. The third kappa shape index (κ3) is 5.05. The van der Waals surface area contributed by atoms with E-state index in [1.165, 1.54) is 12.1 Å². The van der Waals surface area contributed by atoms with Crippen LogP contribution in [0.3, 0.4) is 0 Å². The Morgan fingerprint density at radius 1 is 1.22 bits per heavy atom. The predicted octanol–water partition coefficient (Wildman–Crippen LogP) is 5.00. The maximum Gasteiger partial charge on any atom is 0.270 e. The van der Waals surface area contributed by atoms with Gasteiger partial charge < -0.3 is 15.0 Å². The molecule has 0 radical (unpaired) electrons. The van der Waals surface area contributed by atoms with Gasteiger partial charge >= 0.3 is 0 Å². The summed E-state index contributed by atoms with van der Waals surface area (Å²) in [5.41, 5.74) is 2.22.